The zero-order chi connectivity index (χ0) is 20.2. The van der Waals surface area contributed by atoms with Crippen molar-refractivity contribution in [3.63, 3.8) is 0 Å². The number of benzene rings is 2. The maximum atomic E-state index is 9.10. The summed E-state index contributed by atoms with van der Waals surface area (Å²) in [6.07, 6.45) is 3.91. The highest BCUT2D eigenvalue weighted by atomic mass is 35.5. The molecule has 162 valence electrons. The number of nitrogens with one attached hydrogen (secondary N) is 1. The molecule has 1 aliphatic heterocycles. The van der Waals surface area contributed by atoms with Crippen molar-refractivity contribution in [1.82, 2.24) is 19.9 Å². The topological polar surface area (TPSA) is 77.7 Å². The van der Waals surface area contributed by atoms with Crippen LogP contribution in [0.25, 0.3) is 11.4 Å². The van der Waals surface area contributed by atoms with Gasteiger partial charge in [0.2, 0.25) is 5.95 Å². The molecule has 8 heteroatoms. The third kappa shape index (κ3) is 5.92. The first-order valence-corrected chi connectivity index (χ1v) is 9.88. The Morgan fingerprint density at radius 1 is 1.06 bits per heavy atom. The van der Waals surface area contributed by atoms with Gasteiger partial charge in [0.15, 0.2) is 5.82 Å². The number of anilines is 2. The van der Waals surface area contributed by atoms with Crippen molar-refractivity contribution in [1.29, 1.82) is 5.26 Å². The lowest BCUT2D eigenvalue weighted by atomic mass is 9.87. The lowest BCUT2D eigenvalue weighted by molar-refractivity contribution is 0.255. The van der Waals surface area contributed by atoms with E-state index in [9.17, 15) is 0 Å². The highest BCUT2D eigenvalue weighted by molar-refractivity contribution is 5.85. The number of rotatable bonds is 4. The molecule has 4 rings (SSSR count). The van der Waals surface area contributed by atoms with Crippen molar-refractivity contribution in [2.75, 3.05) is 25.5 Å². The van der Waals surface area contributed by atoms with Crippen LogP contribution in [-0.2, 0) is 0 Å². The summed E-state index contributed by atoms with van der Waals surface area (Å²) in [7, 11) is 2.19. The van der Waals surface area contributed by atoms with Crippen LogP contribution < -0.4 is 5.32 Å². The van der Waals surface area contributed by atoms with Gasteiger partial charge >= 0.3 is 0 Å². The number of piperidine rings is 1. The van der Waals surface area contributed by atoms with E-state index in [1.54, 1.807) is 12.1 Å². The third-order valence-corrected chi connectivity index (χ3v) is 5.51. The van der Waals surface area contributed by atoms with Crippen LogP contribution in [0.3, 0.4) is 0 Å². The molecule has 3 aromatic rings. The average molecular weight is 457 g/mol. The summed E-state index contributed by atoms with van der Waals surface area (Å²) in [4.78, 5) is 15.4. The van der Waals surface area contributed by atoms with E-state index in [-0.39, 0.29) is 24.8 Å². The second-order valence-corrected chi connectivity index (χ2v) is 7.60. The molecule has 1 aliphatic rings. The Hall–Kier alpha value is -2.72. The Morgan fingerprint density at radius 2 is 1.84 bits per heavy atom. The Balaban J connectivity index is 0.00000171. The van der Waals surface area contributed by atoms with E-state index in [0.29, 0.717) is 23.3 Å². The molecule has 0 saturated carbocycles. The van der Waals surface area contributed by atoms with Gasteiger partial charge in [-0.05, 0) is 81.2 Å². The fraction of sp³-hybridized carbons (Fsp3) is 0.304. The van der Waals surface area contributed by atoms with Crippen molar-refractivity contribution in [2.45, 2.75) is 25.7 Å². The number of halogens is 2. The van der Waals surface area contributed by atoms with E-state index < -0.39 is 0 Å². The van der Waals surface area contributed by atoms with Gasteiger partial charge in [0.25, 0.3) is 0 Å². The van der Waals surface area contributed by atoms with Gasteiger partial charge in [-0.1, -0.05) is 18.2 Å². The van der Waals surface area contributed by atoms with Crippen LogP contribution in [0.2, 0.25) is 0 Å². The molecule has 1 fully saturated rings. The highest BCUT2D eigenvalue weighted by Crippen LogP contribution is 2.31. The molecule has 0 atom stereocenters. The molecule has 0 spiro atoms. The van der Waals surface area contributed by atoms with Gasteiger partial charge in [-0.15, -0.1) is 24.8 Å². The number of nitriles is 1. The van der Waals surface area contributed by atoms with Crippen LogP contribution in [0.15, 0.2) is 48.8 Å². The molecular formula is C23H26Cl2N6. The predicted molar refractivity (Wildman–Crippen MR) is 128 cm³/mol. The Kier molecular flexibility index (Phi) is 8.76. The molecular weight excluding hydrogens is 431 g/mol. The number of aryl methyl sites for hydroxylation is 1. The van der Waals surface area contributed by atoms with E-state index in [2.05, 4.69) is 63.4 Å². The van der Waals surface area contributed by atoms with Gasteiger partial charge in [0.1, 0.15) is 6.33 Å². The second kappa shape index (κ2) is 11.1. The standard InChI is InChI=1S/C23H24N6.2ClH/c1-16-12-20(6-7-21(16)18-8-10-29(2)11-9-18)27-23-26-15-25-22(28-23)19-5-3-4-17(13-19)14-24;;/h3-7,12-13,15,18H,8-11H2,1-2H3,(H,25,26,27,28);2*1H. The lowest BCUT2D eigenvalue weighted by Crippen LogP contribution is -2.29. The number of nitrogens with zero attached hydrogens (tertiary/aromatic N) is 5. The fourth-order valence-electron chi connectivity index (χ4n) is 3.88. The second-order valence-electron chi connectivity index (χ2n) is 7.60. The van der Waals surface area contributed by atoms with Crippen LogP contribution in [-0.4, -0.2) is 40.0 Å². The van der Waals surface area contributed by atoms with E-state index in [1.807, 2.05) is 12.1 Å². The number of hydrogen-bond donors (Lipinski definition) is 1. The first-order chi connectivity index (χ1) is 14.1. The van der Waals surface area contributed by atoms with Crippen molar-refractivity contribution in [3.8, 4) is 17.5 Å². The molecule has 0 bridgehead atoms. The zero-order valence-corrected chi connectivity index (χ0v) is 19.2. The normalized spacial score (nSPS) is 14.1. The largest absolute Gasteiger partial charge is 0.324 e. The molecule has 0 aliphatic carbocycles. The van der Waals surface area contributed by atoms with E-state index in [1.165, 1.54) is 30.3 Å². The van der Waals surface area contributed by atoms with Crippen LogP contribution in [0.4, 0.5) is 11.6 Å². The predicted octanol–water partition coefficient (Wildman–Crippen LogP) is 5.12. The van der Waals surface area contributed by atoms with Gasteiger partial charge < -0.3 is 10.2 Å². The van der Waals surface area contributed by atoms with Crippen LogP contribution in [0.1, 0.15) is 35.4 Å². The first-order valence-electron chi connectivity index (χ1n) is 9.88. The Labute approximate surface area is 195 Å². The molecule has 1 aromatic heterocycles. The Bertz CT molecular complexity index is 1060. The highest BCUT2D eigenvalue weighted by Gasteiger charge is 2.19. The van der Waals surface area contributed by atoms with E-state index in [0.717, 1.165) is 24.3 Å². The average Bonchev–Trinajstić information content (AvgIpc) is 2.75. The molecule has 0 amide bonds. The quantitative estimate of drug-likeness (QED) is 0.586. The summed E-state index contributed by atoms with van der Waals surface area (Å²) in [5, 5.41) is 12.4. The summed E-state index contributed by atoms with van der Waals surface area (Å²) < 4.78 is 0. The van der Waals surface area contributed by atoms with Crippen molar-refractivity contribution in [2.24, 2.45) is 0 Å². The molecule has 0 unspecified atom stereocenters. The van der Waals surface area contributed by atoms with Crippen LogP contribution in [0, 0.1) is 18.3 Å². The molecule has 0 radical (unpaired) electrons. The van der Waals surface area contributed by atoms with Crippen molar-refractivity contribution >= 4 is 36.4 Å². The lowest BCUT2D eigenvalue weighted by Gasteiger charge is -2.30. The van der Waals surface area contributed by atoms with Crippen LogP contribution in [0.5, 0.6) is 0 Å². The minimum absolute atomic E-state index is 0. The number of aromatic nitrogens is 3. The van der Waals surface area contributed by atoms with Crippen molar-refractivity contribution < 1.29 is 0 Å². The first kappa shape index (κ1) is 24.5. The maximum absolute atomic E-state index is 9.10. The maximum Gasteiger partial charge on any atom is 0.230 e. The smallest absolute Gasteiger partial charge is 0.230 e. The SMILES string of the molecule is Cc1cc(Nc2ncnc(-c3cccc(C#N)c3)n2)ccc1C1CCN(C)CC1.Cl.Cl. The molecule has 31 heavy (non-hydrogen) atoms. The number of likely N-dealkylation sites (tertiary alicyclic amines) is 1. The van der Waals surface area contributed by atoms with Crippen LogP contribution >= 0.6 is 24.8 Å². The molecule has 2 aromatic carbocycles. The Morgan fingerprint density at radius 3 is 2.55 bits per heavy atom. The van der Waals surface area contributed by atoms with Crippen molar-refractivity contribution in [3.05, 3.63) is 65.5 Å². The summed E-state index contributed by atoms with van der Waals surface area (Å²) in [5.74, 6) is 1.67. The molecule has 6 nitrogen and oxygen atoms in total. The fourth-order valence-corrected chi connectivity index (χ4v) is 3.88. The van der Waals surface area contributed by atoms with Gasteiger partial charge in [-0.3, -0.25) is 0 Å². The summed E-state index contributed by atoms with van der Waals surface area (Å²) in [6.45, 7) is 4.49. The molecule has 2 heterocycles. The minimum Gasteiger partial charge on any atom is -0.324 e. The van der Waals surface area contributed by atoms with E-state index >= 15 is 0 Å². The number of hydrogen-bond acceptors (Lipinski definition) is 6. The third-order valence-electron chi connectivity index (χ3n) is 5.51. The van der Waals surface area contributed by atoms with Gasteiger partial charge in [-0.2, -0.15) is 10.2 Å². The summed E-state index contributed by atoms with van der Waals surface area (Å²) in [5.41, 5.74) is 5.07. The van der Waals surface area contributed by atoms with Gasteiger partial charge in [0.05, 0.1) is 11.6 Å². The monoisotopic (exact) mass is 456 g/mol. The zero-order valence-electron chi connectivity index (χ0n) is 17.6. The minimum atomic E-state index is 0. The summed E-state index contributed by atoms with van der Waals surface area (Å²) in [6, 6.07) is 15.9. The summed E-state index contributed by atoms with van der Waals surface area (Å²) >= 11 is 0. The van der Waals surface area contributed by atoms with Gasteiger partial charge in [-0.25, -0.2) is 9.97 Å². The molecule has 1 N–H and O–H groups in total. The molecule has 1 saturated heterocycles. The van der Waals surface area contributed by atoms with E-state index in [4.69, 9.17) is 5.26 Å². The van der Waals surface area contributed by atoms with Gasteiger partial charge in [0, 0.05) is 11.3 Å².